The summed E-state index contributed by atoms with van der Waals surface area (Å²) in [5, 5.41) is 5.23. The number of thiophene rings is 1. The van der Waals surface area contributed by atoms with Crippen molar-refractivity contribution in [2.45, 2.75) is 44.2 Å². The molecule has 1 aliphatic heterocycles. The van der Waals surface area contributed by atoms with E-state index >= 15 is 0 Å². The molecular formula is C26H26N2O2S. The highest BCUT2D eigenvalue weighted by atomic mass is 32.1. The van der Waals surface area contributed by atoms with E-state index in [9.17, 15) is 9.59 Å². The van der Waals surface area contributed by atoms with Gasteiger partial charge < -0.3 is 10.2 Å². The molecule has 5 rings (SSSR count). The van der Waals surface area contributed by atoms with Gasteiger partial charge in [-0.25, -0.2) is 0 Å². The van der Waals surface area contributed by atoms with Crippen LogP contribution in [0.5, 0.6) is 0 Å². The predicted molar refractivity (Wildman–Crippen MR) is 123 cm³/mol. The molecule has 2 aromatic carbocycles. The largest absolute Gasteiger partial charge is 0.355 e. The van der Waals surface area contributed by atoms with Crippen LogP contribution in [-0.2, 0) is 11.2 Å². The smallest absolute Gasteiger partial charge is 0.254 e. The van der Waals surface area contributed by atoms with Gasteiger partial charge in [-0.05, 0) is 54.8 Å². The van der Waals surface area contributed by atoms with E-state index in [0.717, 1.165) is 36.0 Å². The summed E-state index contributed by atoms with van der Waals surface area (Å²) in [6, 6.07) is 19.9. The third-order valence-corrected chi connectivity index (χ3v) is 7.17. The van der Waals surface area contributed by atoms with Crippen LogP contribution in [0.15, 0.2) is 66.0 Å². The van der Waals surface area contributed by atoms with Crippen LogP contribution in [-0.4, -0.2) is 29.3 Å². The van der Waals surface area contributed by atoms with E-state index in [4.69, 9.17) is 0 Å². The normalized spacial score (nSPS) is 20.4. The molecule has 1 fully saturated rings. The second-order valence-corrected chi connectivity index (χ2v) is 9.52. The van der Waals surface area contributed by atoms with Gasteiger partial charge in [-0.1, -0.05) is 54.1 Å². The maximum Gasteiger partial charge on any atom is 0.254 e. The minimum Gasteiger partial charge on any atom is -0.355 e. The summed E-state index contributed by atoms with van der Waals surface area (Å²) < 4.78 is 0. The zero-order valence-corrected chi connectivity index (χ0v) is 18.4. The Labute approximate surface area is 186 Å². The Morgan fingerprint density at radius 1 is 1.10 bits per heavy atom. The van der Waals surface area contributed by atoms with E-state index in [2.05, 4.69) is 41.9 Å². The van der Waals surface area contributed by atoms with Crippen LogP contribution in [0.3, 0.4) is 0 Å². The summed E-state index contributed by atoms with van der Waals surface area (Å²) in [5.74, 6) is -0.375. The van der Waals surface area contributed by atoms with Crippen molar-refractivity contribution < 1.29 is 9.59 Å². The Hall–Kier alpha value is -2.92. The summed E-state index contributed by atoms with van der Waals surface area (Å²) in [5.41, 5.74) is 3.67. The highest BCUT2D eigenvalue weighted by Crippen LogP contribution is 2.47. The van der Waals surface area contributed by atoms with Crippen LogP contribution in [0.1, 0.15) is 56.7 Å². The first-order valence-corrected chi connectivity index (χ1v) is 11.8. The van der Waals surface area contributed by atoms with Gasteiger partial charge in [-0.2, -0.15) is 0 Å². The molecule has 2 heterocycles. The summed E-state index contributed by atoms with van der Waals surface area (Å²) in [7, 11) is 0. The van der Waals surface area contributed by atoms with Crippen LogP contribution in [0.4, 0.5) is 0 Å². The van der Waals surface area contributed by atoms with Gasteiger partial charge in [0.2, 0.25) is 5.91 Å². The fourth-order valence-electron chi connectivity index (χ4n) is 4.67. The number of aryl methyl sites for hydroxylation is 1. The first-order valence-electron chi connectivity index (χ1n) is 10.9. The minimum atomic E-state index is -0.417. The number of fused-ring (bicyclic) bond motifs is 1. The van der Waals surface area contributed by atoms with Crippen LogP contribution in [0.25, 0.3) is 0 Å². The first-order chi connectivity index (χ1) is 15.1. The first kappa shape index (κ1) is 20.0. The molecule has 2 amide bonds. The molecule has 1 N–H and O–H groups in total. The Kier molecular flexibility index (Phi) is 5.36. The molecule has 0 unspecified atom stereocenters. The van der Waals surface area contributed by atoms with Crippen LogP contribution < -0.4 is 5.32 Å². The summed E-state index contributed by atoms with van der Waals surface area (Å²) in [6.07, 6.45) is 2.82. The SMILES string of the molecule is Cc1cccc([C@H]2[C@@H](C(=O)NCCc3cccs3)c3ccccc3C(=O)N2C2CC2)c1. The van der Waals surface area contributed by atoms with Crippen molar-refractivity contribution in [1.29, 1.82) is 0 Å². The van der Waals surface area contributed by atoms with E-state index in [-0.39, 0.29) is 23.9 Å². The fraction of sp³-hybridized carbons (Fsp3) is 0.308. The van der Waals surface area contributed by atoms with Crippen molar-refractivity contribution in [3.05, 3.63) is 93.2 Å². The van der Waals surface area contributed by atoms with Crippen molar-refractivity contribution in [1.82, 2.24) is 10.2 Å². The predicted octanol–water partition coefficient (Wildman–Crippen LogP) is 4.86. The lowest BCUT2D eigenvalue weighted by Crippen LogP contribution is -2.48. The van der Waals surface area contributed by atoms with Crippen LogP contribution in [0.2, 0.25) is 0 Å². The van der Waals surface area contributed by atoms with Gasteiger partial charge in [0.15, 0.2) is 0 Å². The van der Waals surface area contributed by atoms with E-state index in [1.807, 2.05) is 41.3 Å². The minimum absolute atomic E-state index is 0.00587. The summed E-state index contributed by atoms with van der Waals surface area (Å²) in [6.45, 7) is 2.65. The van der Waals surface area contributed by atoms with Gasteiger partial charge in [0.1, 0.15) is 0 Å². The van der Waals surface area contributed by atoms with Crippen molar-refractivity contribution in [3.8, 4) is 0 Å². The van der Waals surface area contributed by atoms with Gasteiger partial charge in [0.25, 0.3) is 5.91 Å². The van der Waals surface area contributed by atoms with Gasteiger partial charge in [0, 0.05) is 23.0 Å². The topological polar surface area (TPSA) is 49.4 Å². The van der Waals surface area contributed by atoms with E-state index in [1.54, 1.807) is 11.3 Å². The molecule has 0 radical (unpaired) electrons. The molecule has 4 nitrogen and oxygen atoms in total. The number of benzene rings is 2. The molecule has 0 spiro atoms. The van der Waals surface area contributed by atoms with Crippen molar-refractivity contribution in [3.63, 3.8) is 0 Å². The monoisotopic (exact) mass is 430 g/mol. The number of nitrogens with zero attached hydrogens (tertiary/aromatic N) is 1. The molecule has 158 valence electrons. The molecule has 2 atom stereocenters. The standard InChI is InChI=1S/C26H26N2O2S/c1-17-6-4-7-18(16-17)24-23(25(29)27-14-13-20-8-5-15-31-20)21-9-2-3-10-22(21)26(30)28(24)19-11-12-19/h2-10,15-16,19,23-24H,11-14H2,1H3,(H,27,29)/t23-,24-/m0/s1. The van der Waals surface area contributed by atoms with Crippen LogP contribution in [0, 0.1) is 6.92 Å². The highest BCUT2D eigenvalue weighted by Gasteiger charge is 2.48. The van der Waals surface area contributed by atoms with Gasteiger partial charge in [0.05, 0.1) is 12.0 Å². The number of nitrogens with one attached hydrogen (secondary N) is 1. The maximum absolute atomic E-state index is 13.6. The lowest BCUT2D eigenvalue weighted by Gasteiger charge is -2.42. The second kappa shape index (κ2) is 8.31. The third kappa shape index (κ3) is 3.90. The molecule has 2 aliphatic rings. The zero-order valence-electron chi connectivity index (χ0n) is 17.6. The molecule has 0 bridgehead atoms. The zero-order chi connectivity index (χ0) is 21.4. The van der Waals surface area contributed by atoms with Gasteiger partial charge in [-0.15, -0.1) is 11.3 Å². The summed E-state index contributed by atoms with van der Waals surface area (Å²) in [4.78, 5) is 30.4. The van der Waals surface area contributed by atoms with Gasteiger partial charge in [-0.3, -0.25) is 9.59 Å². The average Bonchev–Trinajstić information content (AvgIpc) is 3.48. The lowest BCUT2D eigenvalue weighted by atomic mass is 9.78. The number of carbonyl (C=O) groups is 2. The van der Waals surface area contributed by atoms with E-state index < -0.39 is 5.92 Å². The number of hydrogen-bond acceptors (Lipinski definition) is 3. The molecule has 1 aliphatic carbocycles. The molecular weight excluding hydrogens is 404 g/mol. The lowest BCUT2D eigenvalue weighted by molar-refractivity contribution is -0.124. The Morgan fingerprint density at radius 2 is 1.94 bits per heavy atom. The molecule has 5 heteroatoms. The number of amides is 2. The number of rotatable bonds is 6. The van der Waals surface area contributed by atoms with E-state index in [0.29, 0.717) is 12.1 Å². The Balaban J connectivity index is 1.53. The van der Waals surface area contributed by atoms with Gasteiger partial charge >= 0.3 is 0 Å². The highest BCUT2D eigenvalue weighted by molar-refractivity contribution is 7.09. The number of carbonyl (C=O) groups excluding carboxylic acids is 2. The average molecular weight is 431 g/mol. The molecule has 31 heavy (non-hydrogen) atoms. The molecule has 1 aromatic heterocycles. The maximum atomic E-state index is 13.6. The Bertz CT molecular complexity index is 1100. The Morgan fingerprint density at radius 3 is 2.68 bits per heavy atom. The van der Waals surface area contributed by atoms with Crippen molar-refractivity contribution in [2.24, 2.45) is 0 Å². The third-order valence-electron chi connectivity index (χ3n) is 6.23. The quantitative estimate of drug-likeness (QED) is 0.607. The van der Waals surface area contributed by atoms with E-state index in [1.165, 1.54) is 4.88 Å². The molecule has 0 saturated heterocycles. The van der Waals surface area contributed by atoms with Crippen molar-refractivity contribution in [2.75, 3.05) is 6.54 Å². The van der Waals surface area contributed by atoms with Crippen molar-refractivity contribution >= 4 is 23.2 Å². The number of hydrogen-bond donors (Lipinski definition) is 1. The summed E-state index contributed by atoms with van der Waals surface area (Å²) >= 11 is 1.71. The molecule has 3 aromatic rings. The van der Waals surface area contributed by atoms with Crippen LogP contribution >= 0.6 is 11.3 Å². The fourth-order valence-corrected chi connectivity index (χ4v) is 5.38. The second-order valence-electron chi connectivity index (χ2n) is 8.49. The molecule has 1 saturated carbocycles.